The lowest BCUT2D eigenvalue weighted by molar-refractivity contribution is -0.128. The molecule has 10 nitrogen and oxygen atoms in total. The Morgan fingerprint density at radius 3 is 2.13 bits per heavy atom. The third-order valence-corrected chi connectivity index (χ3v) is 5.70. The molecule has 0 aromatic heterocycles. The first-order chi connectivity index (χ1) is 14.2. The van der Waals surface area contributed by atoms with Gasteiger partial charge < -0.3 is 10.6 Å². The van der Waals surface area contributed by atoms with Crippen LogP contribution in [-0.2, 0) is 19.6 Å². The molecule has 0 unspecified atom stereocenters. The van der Waals surface area contributed by atoms with Crippen LogP contribution in [0.25, 0.3) is 0 Å². The Bertz CT molecular complexity index is 994. The minimum absolute atomic E-state index is 0.0565. The molecule has 0 saturated carbocycles. The first kappa shape index (κ1) is 22.8. The molecule has 0 aliphatic heterocycles. The van der Waals surface area contributed by atoms with Gasteiger partial charge in [-0.3, -0.25) is 20.4 Å². The fourth-order valence-electron chi connectivity index (χ4n) is 2.26. The van der Waals surface area contributed by atoms with Gasteiger partial charge in [-0.1, -0.05) is 35.9 Å². The summed E-state index contributed by atoms with van der Waals surface area (Å²) < 4.78 is 25.8. The Hall–Kier alpha value is -3.44. The van der Waals surface area contributed by atoms with Gasteiger partial charge in [0.2, 0.25) is 10.0 Å². The number of likely N-dealkylation sites (N-methyl/N-ethyl adjacent to an activating group) is 1. The van der Waals surface area contributed by atoms with Gasteiger partial charge in [-0.2, -0.15) is 4.31 Å². The summed E-state index contributed by atoms with van der Waals surface area (Å²) in [5, 5.41) is 4.86. The van der Waals surface area contributed by atoms with Crippen LogP contribution in [-0.4, -0.2) is 50.7 Å². The monoisotopic (exact) mass is 433 g/mol. The number of nitrogens with zero attached hydrogens (tertiary/aromatic N) is 1. The number of hydrogen-bond acceptors (Lipinski definition) is 5. The molecular weight excluding hydrogens is 410 g/mol. The summed E-state index contributed by atoms with van der Waals surface area (Å²) in [6, 6.07) is 14.3. The second kappa shape index (κ2) is 10.4. The predicted molar refractivity (Wildman–Crippen MR) is 111 cm³/mol. The van der Waals surface area contributed by atoms with Crippen molar-refractivity contribution in [1.82, 2.24) is 20.5 Å². The van der Waals surface area contributed by atoms with E-state index in [2.05, 4.69) is 21.5 Å². The van der Waals surface area contributed by atoms with Crippen molar-refractivity contribution in [3.05, 3.63) is 60.2 Å². The van der Waals surface area contributed by atoms with Crippen molar-refractivity contribution >= 4 is 33.6 Å². The summed E-state index contributed by atoms with van der Waals surface area (Å²) in [7, 11) is -2.59. The Labute approximate surface area is 174 Å². The summed E-state index contributed by atoms with van der Waals surface area (Å²) in [4.78, 5) is 35.4. The standard InChI is InChI=1S/C19H23N5O5S/c1-14-8-10-16(11-9-14)30(28,29)24(2)13-18(26)23-22-17(25)12-20-19(27)21-15-6-4-3-5-7-15/h3-11H,12-13H2,1-2H3,(H,22,25)(H,23,26)(H2,20,21,27). The van der Waals surface area contributed by atoms with E-state index in [-0.39, 0.29) is 4.90 Å². The smallest absolute Gasteiger partial charge is 0.319 e. The molecule has 0 aliphatic rings. The van der Waals surface area contributed by atoms with Crippen molar-refractivity contribution in [2.45, 2.75) is 11.8 Å². The predicted octanol–water partition coefficient (Wildman–Crippen LogP) is 0.585. The highest BCUT2D eigenvalue weighted by Crippen LogP contribution is 2.14. The number of carbonyl (C=O) groups excluding carboxylic acids is 3. The van der Waals surface area contributed by atoms with Crippen LogP contribution in [0.15, 0.2) is 59.5 Å². The second-order valence-electron chi connectivity index (χ2n) is 6.34. The number of rotatable bonds is 7. The molecule has 0 bridgehead atoms. The lowest BCUT2D eigenvalue weighted by atomic mass is 10.2. The lowest BCUT2D eigenvalue weighted by Crippen LogP contribution is -2.49. The van der Waals surface area contributed by atoms with Gasteiger partial charge in [0.25, 0.3) is 11.8 Å². The third-order valence-electron chi connectivity index (χ3n) is 3.88. The number of sulfonamides is 1. The van der Waals surface area contributed by atoms with Gasteiger partial charge in [-0.05, 0) is 31.2 Å². The van der Waals surface area contributed by atoms with Crippen LogP contribution in [0.1, 0.15) is 5.56 Å². The molecule has 4 N–H and O–H groups in total. The molecular formula is C19H23N5O5S. The zero-order valence-corrected chi connectivity index (χ0v) is 17.3. The van der Waals surface area contributed by atoms with Gasteiger partial charge in [0.05, 0.1) is 11.4 Å². The van der Waals surface area contributed by atoms with E-state index in [1.165, 1.54) is 19.2 Å². The molecule has 2 aromatic rings. The Balaban J connectivity index is 1.74. The normalized spacial score (nSPS) is 10.9. The maximum atomic E-state index is 12.4. The van der Waals surface area contributed by atoms with Crippen molar-refractivity contribution in [3.63, 3.8) is 0 Å². The summed E-state index contributed by atoms with van der Waals surface area (Å²) >= 11 is 0. The number of nitrogens with one attached hydrogen (secondary N) is 4. The number of benzene rings is 2. The van der Waals surface area contributed by atoms with Crippen LogP contribution in [0.4, 0.5) is 10.5 Å². The maximum absolute atomic E-state index is 12.4. The van der Waals surface area contributed by atoms with Crippen LogP contribution >= 0.6 is 0 Å². The van der Waals surface area contributed by atoms with Gasteiger partial charge in [0.1, 0.15) is 6.54 Å². The molecule has 11 heteroatoms. The summed E-state index contributed by atoms with van der Waals surface area (Å²) in [6.45, 7) is 0.936. The van der Waals surface area contributed by atoms with Gasteiger partial charge in [0, 0.05) is 12.7 Å². The molecule has 160 valence electrons. The zero-order valence-electron chi connectivity index (χ0n) is 16.5. The van der Waals surface area contributed by atoms with E-state index in [9.17, 15) is 22.8 Å². The second-order valence-corrected chi connectivity index (χ2v) is 8.39. The molecule has 0 radical (unpaired) electrons. The first-order valence-corrected chi connectivity index (χ1v) is 10.3. The Morgan fingerprint density at radius 2 is 1.50 bits per heavy atom. The number of para-hydroxylation sites is 1. The van der Waals surface area contributed by atoms with Crippen molar-refractivity contribution in [3.8, 4) is 0 Å². The highest BCUT2D eigenvalue weighted by atomic mass is 32.2. The number of urea groups is 1. The lowest BCUT2D eigenvalue weighted by Gasteiger charge is -2.17. The molecule has 0 fully saturated rings. The van der Waals surface area contributed by atoms with Crippen molar-refractivity contribution in [2.24, 2.45) is 0 Å². The summed E-state index contributed by atoms with van der Waals surface area (Å²) in [6.07, 6.45) is 0. The Kier molecular flexibility index (Phi) is 7.90. The molecule has 4 amide bonds. The van der Waals surface area contributed by atoms with Crippen molar-refractivity contribution in [1.29, 1.82) is 0 Å². The van der Waals surface area contributed by atoms with E-state index in [1.807, 2.05) is 6.92 Å². The molecule has 0 spiro atoms. The van der Waals surface area contributed by atoms with Crippen LogP contribution < -0.4 is 21.5 Å². The molecule has 0 heterocycles. The Morgan fingerprint density at radius 1 is 0.900 bits per heavy atom. The first-order valence-electron chi connectivity index (χ1n) is 8.89. The average molecular weight is 433 g/mol. The minimum atomic E-state index is -3.85. The number of anilines is 1. The molecule has 2 rings (SSSR count). The van der Waals surface area contributed by atoms with E-state index in [4.69, 9.17) is 0 Å². The van der Waals surface area contributed by atoms with E-state index in [1.54, 1.807) is 42.5 Å². The molecule has 0 aliphatic carbocycles. The van der Waals surface area contributed by atoms with Gasteiger partial charge in [-0.15, -0.1) is 0 Å². The highest BCUT2D eigenvalue weighted by molar-refractivity contribution is 7.89. The highest BCUT2D eigenvalue weighted by Gasteiger charge is 2.23. The van der Waals surface area contributed by atoms with E-state index in [0.29, 0.717) is 5.69 Å². The molecule has 0 atom stereocenters. The fourth-order valence-corrected chi connectivity index (χ4v) is 3.38. The van der Waals surface area contributed by atoms with Gasteiger partial charge in [0.15, 0.2) is 0 Å². The molecule has 0 saturated heterocycles. The minimum Gasteiger partial charge on any atom is -0.329 e. The van der Waals surface area contributed by atoms with Crippen molar-refractivity contribution < 1.29 is 22.8 Å². The van der Waals surface area contributed by atoms with E-state index >= 15 is 0 Å². The number of carbonyl (C=O) groups is 3. The topological polar surface area (TPSA) is 137 Å². The number of hydrazine groups is 1. The molecule has 2 aromatic carbocycles. The quantitative estimate of drug-likeness (QED) is 0.474. The zero-order chi connectivity index (χ0) is 22.1. The van der Waals surface area contributed by atoms with Crippen molar-refractivity contribution in [2.75, 3.05) is 25.5 Å². The van der Waals surface area contributed by atoms with Crippen LogP contribution in [0, 0.1) is 6.92 Å². The van der Waals surface area contributed by atoms with Crippen LogP contribution in [0.2, 0.25) is 0 Å². The van der Waals surface area contributed by atoms with E-state index in [0.717, 1.165) is 9.87 Å². The molecule has 30 heavy (non-hydrogen) atoms. The van der Waals surface area contributed by atoms with Gasteiger partial charge >= 0.3 is 6.03 Å². The van der Waals surface area contributed by atoms with Gasteiger partial charge in [-0.25, -0.2) is 13.2 Å². The van der Waals surface area contributed by atoms with Crippen LogP contribution in [0.5, 0.6) is 0 Å². The number of hydrogen-bond donors (Lipinski definition) is 4. The largest absolute Gasteiger partial charge is 0.329 e. The SMILES string of the molecule is Cc1ccc(S(=O)(=O)N(C)CC(=O)NNC(=O)CNC(=O)Nc2ccccc2)cc1. The number of amides is 4. The summed E-state index contributed by atoms with van der Waals surface area (Å²) in [5.74, 6) is -1.43. The van der Waals surface area contributed by atoms with E-state index < -0.39 is 41.0 Å². The van der Waals surface area contributed by atoms with Crippen LogP contribution in [0.3, 0.4) is 0 Å². The third kappa shape index (κ3) is 6.87. The fraction of sp³-hybridized carbons (Fsp3) is 0.211. The maximum Gasteiger partial charge on any atom is 0.319 e. The number of aryl methyl sites for hydroxylation is 1. The summed E-state index contributed by atoms with van der Waals surface area (Å²) in [5.41, 5.74) is 5.67. The average Bonchev–Trinajstić information content (AvgIpc) is 2.71.